The van der Waals surface area contributed by atoms with Gasteiger partial charge in [-0.25, -0.2) is 9.37 Å². The van der Waals surface area contributed by atoms with Crippen LogP contribution in [0.3, 0.4) is 0 Å². The van der Waals surface area contributed by atoms with E-state index in [4.69, 9.17) is 11.6 Å². The van der Waals surface area contributed by atoms with Crippen molar-refractivity contribution in [2.45, 2.75) is 32.2 Å². The molecule has 0 radical (unpaired) electrons. The number of amides is 1. The maximum atomic E-state index is 13.3. The molecule has 6 heteroatoms. The van der Waals surface area contributed by atoms with Gasteiger partial charge in [-0.2, -0.15) is 0 Å². The molecule has 1 saturated heterocycles. The number of aromatic nitrogens is 1. The van der Waals surface area contributed by atoms with Gasteiger partial charge in [-0.05, 0) is 58.0 Å². The zero-order valence-electron chi connectivity index (χ0n) is 13.9. The summed E-state index contributed by atoms with van der Waals surface area (Å²) >= 11 is 6.12. The zero-order valence-corrected chi connectivity index (χ0v) is 14.7. The summed E-state index contributed by atoms with van der Waals surface area (Å²) in [5, 5.41) is 3.73. The van der Waals surface area contributed by atoms with E-state index in [2.05, 4.69) is 29.0 Å². The van der Waals surface area contributed by atoms with E-state index in [1.807, 2.05) is 0 Å². The average molecular weight is 350 g/mol. The molecule has 3 rings (SSSR count). The van der Waals surface area contributed by atoms with Gasteiger partial charge in [0.1, 0.15) is 11.0 Å². The fraction of sp³-hybridized carbons (Fsp3) is 0.444. The molecule has 1 N–H and O–H groups in total. The van der Waals surface area contributed by atoms with E-state index < -0.39 is 0 Å². The summed E-state index contributed by atoms with van der Waals surface area (Å²) in [5.41, 5.74) is 0.647. The Morgan fingerprint density at radius 3 is 2.75 bits per heavy atom. The van der Waals surface area contributed by atoms with Crippen molar-refractivity contribution in [1.82, 2.24) is 15.2 Å². The summed E-state index contributed by atoms with van der Waals surface area (Å²) in [7, 11) is 0. The number of rotatable bonds is 4. The highest BCUT2D eigenvalue weighted by atomic mass is 35.5. The number of benzene rings is 1. The molecule has 0 spiro atoms. The molecule has 4 nitrogen and oxygen atoms in total. The Balaban J connectivity index is 1.76. The molecule has 128 valence electrons. The molecular formula is C18H21ClFN3O. The number of nitrogens with zero attached hydrogens (tertiary/aromatic N) is 2. The number of nitrogens with one attached hydrogen (secondary N) is 1. The lowest BCUT2D eigenvalue weighted by atomic mass is 10.0. The second kappa shape index (κ2) is 6.65. The fourth-order valence-electron chi connectivity index (χ4n) is 3.10. The standard InChI is InChI=1S/C18H21ClFN3O/c1-18(2,23-7-3-4-8-23)11-21-17(24)14-9-12-5-6-13(20)10-15(12)22-16(14)19/h5-6,9-10H,3-4,7-8,11H2,1-2H3,(H,21,24). The molecule has 2 aromatic rings. The Labute approximate surface area is 146 Å². The lowest BCUT2D eigenvalue weighted by molar-refractivity contribution is 0.0902. The summed E-state index contributed by atoms with van der Waals surface area (Å²) in [4.78, 5) is 19.0. The quantitative estimate of drug-likeness (QED) is 0.857. The smallest absolute Gasteiger partial charge is 0.254 e. The van der Waals surface area contributed by atoms with E-state index >= 15 is 0 Å². The minimum absolute atomic E-state index is 0.0876. The minimum atomic E-state index is -0.379. The molecule has 1 aromatic carbocycles. The topological polar surface area (TPSA) is 45.2 Å². The van der Waals surface area contributed by atoms with Crippen molar-refractivity contribution in [2.75, 3.05) is 19.6 Å². The largest absolute Gasteiger partial charge is 0.350 e. The molecule has 0 saturated carbocycles. The van der Waals surface area contributed by atoms with Gasteiger partial charge in [-0.15, -0.1) is 0 Å². The molecule has 24 heavy (non-hydrogen) atoms. The summed E-state index contributed by atoms with van der Waals surface area (Å²) in [6.07, 6.45) is 2.41. The van der Waals surface area contributed by atoms with Crippen molar-refractivity contribution in [2.24, 2.45) is 0 Å². The zero-order chi connectivity index (χ0) is 17.3. The molecule has 1 fully saturated rings. The molecule has 1 aliphatic rings. The molecule has 1 aromatic heterocycles. The minimum Gasteiger partial charge on any atom is -0.350 e. The van der Waals surface area contributed by atoms with Crippen LogP contribution in [-0.4, -0.2) is 41.0 Å². The number of carbonyl (C=O) groups is 1. The highest BCUT2D eigenvalue weighted by Crippen LogP contribution is 2.23. The van der Waals surface area contributed by atoms with Crippen molar-refractivity contribution in [1.29, 1.82) is 0 Å². The second-order valence-electron chi connectivity index (χ2n) is 6.85. The first-order valence-corrected chi connectivity index (χ1v) is 8.54. The summed E-state index contributed by atoms with van der Waals surface area (Å²) < 4.78 is 13.3. The average Bonchev–Trinajstić information content (AvgIpc) is 3.07. The van der Waals surface area contributed by atoms with Crippen molar-refractivity contribution in [3.8, 4) is 0 Å². The van der Waals surface area contributed by atoms with E-state index in [0.29, 0.717) is 23.0 Å². The summed E-state index contributed by atoms with van der Waals surface area (Å²) in [5.74, 6) is -0.637. The molecule has 1 aliphatic heterocycles. The number of likely N-dealkylation sites (tertiary alicyclic amines) is 1. The number of hydrogen-bond donors (Lipinski definition) is 1. The van der Waals surface area contributed by atoms with Crippen LogP contribution in [-0.2, 0) is 0 Å². The Hall–Kier alpha value is -1.72. The van der Waals surface area contributed by atoms with E-state index in [1.54, 1.807) is 12.1 Å². The SMILES string of the molecule is CC(C)(CNC(=O)c1cc2ccc(F)cc2nc1Cl)N1CCCC1. The third-order valence-electron chi connectivity index (χ3n) is 4.62. The van der Waals surface area contributed by atoms with Gasteiger partial charge < -0.3 is 5.32 Å². The van der Waals surface area contributed by atoms with Gasteiger partial charge in [0.2, 0.25) is 0 Å². The van der Waals surface area contributed by atoms with Crippen LogP contribution in [0.5, 0.6) is 0 Å². The summed E-state index contributed by atoms with van der Waals surface area (Å²) in [6.45, 7) is 6.91. The van der Waals surface area contributed by atoms with Crippen LogP contribution in [0, 0.1) is 5.82 Å². The number of halogens is 2. The molecular weight excluding hydrogens is 329 g/mol. The first kappa shape index (κ1) is 17.1. The Bertz CT molecular complexity index is 772. The van der Waals surface area contributed by atoms with Crippen molar-refractivity contribution >= 4 is 28.4 Å². The van der Waals surface area contributed by atoms with E-state index in [1.165, 1.54) is 25.0 Å². The molecule has 0 atom stereocenters. The van der Waals surface area contributed by atoms with Crippen LogP contribution in [0.25, 0.3) is 10.9 Å². The van der Waals surface area contributed by atoms with Gasteiger partial charge in [0.25, 0.3) is 5.91 Å². The second-order valence-corrected chi connectivity index (χ2v) is 7.21. The molecule has 0 aliphatic carbocycles. The first-order chi connectivity index (χ1) is 11.4. The first-order valence-electron chi connectivity index (χ1n) is 8.16. The van der Waals surface area contributed by atoms with E-state index in [-0.39, 0.29) is 22.4 Å². The summed E-state index contributed by atoms with van der Waals surface area (Å²) in [6, 6.07) is 5.90. The fourth-order valence-corrected chi connectivity index (χ4v) is 3.33. The number of hydrogen-bond acceptors (Lipinski definition) is 3. The monoisotopic (exact) mass is 349 g/mol. The van der Waals surface area contributed by atoms with E-state index in [0.717, 1.165) is 13.1 Å². The highest BCUT2D eigenvalue weighted by Gasteiger charge is 2.29. The van der Waals surface area contributed by atoms with Crippen LogP contribution < -0.4 is 5.32 Å². The molecule has 1 amide bonds. The molecule has 0 unspecified atom stereocenters. The van der Waals surface area contributed by atoms with Crippen molar-refractivity contribution in [3.05, 3.63) is 40.8 Å². The number of pyridine rings is 1. The predicted octanol–water partition coefficient (Wildman–Crippen LogP) is 3.63. The third-order valence-corrected chi connectivity index (χ3v) is 4.91. The lowest BCUT2D eigenvalue weighted by Crippen LogP contribution is -2.50. The van der Waals surface area contributed by atoms with Crippen LogP contribution >= 0.6 is 11.6 Å². The van der Waals surface area contributed by atoms with Crippen LogP contribution in [0.1, 0.15) is 37.0 Å². The van der Waals surface area contributed by atoms with E-state index in [9.17, 15) is 9.18 Å². The van der Waals surface area contributed by atoms with Crippen molar-refractivity contribution < 1.29 is 9.18 Å². The Kier molecular flexibility index (Phi) is 4.74. The van der Waals surface area contributed by atoms with Gasteiger partial charge in [-0.3, -0.25) is 9.69 Å². The highest BCUT2D eigenvalue weighted by molar-refractivity contribution is 6.33. The lowest BCUT2D eigenvalue weighted by Gasteiger charge is -2.35. The van der Waals surface area contributed by atoms with Gasteiger partial charge in [-0.1, -0.05) is 11.6 Å². The maximum absolute atomic E-state index is 13.3. The van der Waals surface area contributed by atoms with Crippen LogP contribution in [0.4, 0.5) is 4.39 Å². The van der Waals surface area contributed by atoms with Gasteiger partial charge in [0, 0.05) is 23.5 Å². The normalized spacial score (nSPS) is 15.8. The molecule has 0 bridgehead atoms. The number of carbonyl (C=O) groups excluding carboxylic acids is 1. The Morgan fingerprint density at radius 2 is 2.04 bits per heavy atom. The van der Waals surface area contributed by atoms with Crippen LogP contribution in [0.2, 0.25) is 5.15 Å². The Morgan fingerprint density at radius 1 is 1.33 bits per heavy atom. The number of fused-ring (bicyclic) bond motifs is 1. The third kappa shape index (κ3) is 3.52. The predicted molar refractivity (Wildman–Crippen MR) is 93.9 cm³/mol. The van der Waals surface area contributed by atoms with Gasteiger partial charge in [0.05, 0.1) is 11.1 Å². The molecule has 2 heterocycles. The van der Waals surface area contributed by atoms with Crippen molar-refractivity contribution in [3.63, 3.8) is 0 Å². The van der Waals surface area contributed by atoms with Crippen LogP contribution in [0.15, 0.2) is 24.3 Å². The van der Waals surface area contributed by atoms with Gasteiger partial charge >= 0.3 is 0 Å². The van der Waals surface area contributed by atoms with Gasteiger partial charge in [0.15, 0.2) is 0 Å². The maximum Gasteiger partial charge on any atom is 0.254 e.